The molecule has 24 heavy (non-hydrogen) atoms. The van der Waals surface area contributed by atoms with Crippen LogP contribution in [0.2, 0.25) is 5.02 Å². The number of alkyl halides is 1. The molecule has 3 rings (SSSR count). The van der Waals surface area contributed by atoms with Crippen LogP contribution < -0.4 is 16.2 Å². The zero-order valence-electron chi connectivity index (χ0n) is 12.8. The Morgan fingerprint density at radius 1 is 1.38 bits per heavy atom. The topological polar surface area (TPSA) is 69.8 Å². The van der Waals surface area contributed by atoms with Gasteiger partial charge in [-0.2, -0.15) is 5.26 Å². The van der Waals surface area contributed by atoms with Gasteiger partial charge in [0.1, 0.15) is 23.0 Å². The number of hydrogen-bond donors (Lipinski definition) is 2. The maximum Gasteiger partial charge on any atom is 0.274 e. The average molecular weight is 361 g/mol. The first-order valence-corrected chi connectivity index (χ1v) is 8.05. The van der Waals surface area contributed by atoms with Crippen LogP contribution in [0.15, 0.2) is 40.7 Å². The molecule has 0 saturated heterocycles. The molecule has 1 aromatic carbocycles. The molecule has 2 N–H and O–H groups in total. The average Bonchev–Trinajstić information content (AvgIpc) is 2.57. The second kappa shape index (κ2) is 6.60. The van der Waals surface area contributed by atoms with Gasteiger partial charge in [0.25, 0.3) is 5.56 Å². The first-order valence-electron chi connectivity index (χ1n) is 7.24. The molecule has 1 aliphatic heterocycles. The predicted octanol–water partition coefficient (Wildman–Crippen LogP) is 3.40. The van der Waals surface area contributed by atoms with E-state index in [1.807, 2.05) is 24.3 Å². The lowest BCUT2D eigenvalue weighted by atomic mass is 10.0. The molecule has 0 fully saturated rings. The highest BCUT2D eigenvalue weighted by molar-refractivity contribution is 6.31. The van der Waals surface area contributed by atoms with Crippen molar-refractivity contribution in [1.29, 1.82) is 5.26 Å². The number of pyridine rings is 1. The van der Waals surface area contributed by atoms with Gasteiger partial charge in [0, 0.05) is 24.3 Å². The summed E-state index contributed by atoms with van der Waals surface area (Å²) in [5.41, 5.74) is 2.83. The van der Waals surface area contributed by atoms with Gasteiger partial charge in [-0.05, 0) is 47.5 Å². The summed E-state index contributed by atoms with van der Waals surface area (Å²) in [4.78, 5) is 12.2. The fourth-order valence-electron chi connectivity index (χ4n) is 2.51. The number of nitrogens with zero attached hydrogens (tertiary/aromatic N) is 2. The van der Waals surface area contributed by atoms with Gasteiger partial charge in [-0.25, -0.2) is 0 Å². The van der Waals surface area contributed by atoms with Gasteiger partial charge in [-0.15, -0.1) is 0 Å². The Morgan fingerprint density at radius 3 is 2.92 bits per heavy atom. The monoisotopic (exact) mass is 360 g/mol. The molecule has 7 heteroatoms. The Balaban J connectivity index is 1.84. The van der Waals surface area contributed by atoms with Gasteiger partial charge in [-0.3, -0.25) is 4.79 Å². The molecular weight excluding hydrogens is 347 g/mol. The molecule has 1 unspecified atom stereocenters. The molecule has 0 radical (unpaired) electrons. The highest BCUT2D eigenvalue weighted by Crippen LogP contribution is 2.30. The van der Waals surface area contributed by atoms with E-state index in [4.69, 9.17) is 28.5 Å². The number of halogens is 2. The van der Waals surface area contributed by atoms with Crippen LogP contribution in [0.5, 0.6) is 0 Å². The summed E-state index contributed by atoms with van der Waals surface area (Å²) in [6, 6.07) is 10.7. The van der Waals surface area contributed by atoms with Crippen LogP contribution >= 0.6 is 23.2 Å². The van der Waals surface area contributed by atoms with E-state index in [1.54, 1.807) is 25.2 Å². The van der Waals surface area contributed by atoms with Crippen molar-refractivity contribution in [1.82, 2.24) is 4.57 Å². The standard InChI is InChI=1S/C17H14Cl2N4O/c1-23-13(8-20)3-5-15(17(23)24)21-9-11-6-10-7-12(18)2-4-14(10)22-16(11)19/h2-7,16,21-22H,9H2,1H3. The summed E-state index contributed by atoms with van der Waals surface area (Å²) in [6.45, 7) is 0.397. The molecule has 0 bridgehead atoms. The molecule has 1 aliphatic rings. The number of aromatic nitrogens is 1. The number of rotatable bonds is 3. The molecule has 1 aromatic heterocycles. The summed E-state index contributed by atoms with van der Waals surface area (Å²) in [5, 5.41) is 15.9. The van der Waals surface area contributed by atoms with E-state index < -0.39 is 0 Å². The minimum Gasteiger partial charge on any atom is -0.377 e. The van der Waals surface area contributed by atoms with E-state index in [9.17, 15) is 4.79 Å². The fraction of sp³-hybridized carbons (Fsp3) is 0.176. The van der Waals surface area contributed by atoms with Crippen molar-refractivity contribution in [2.45, 2.75) is 5.50 Å². The van der Waals surface area contributed by atoms with E-state index in [2.05, 4.69) is 10.6 Å². The molecule has 0 amide bonds. The van der Waals surface area contributed by atoms with Gasteiger partial charge in [0.05, 0.1) is 0 Å². The largest absolute Gasteiger partial charge is 0.377 e. The van der Waals surface area contributed by atoms with Crippen LogP contribution in [0.25, 0.3) is 6.08 Å². The minimum atomic E-state index is -0.381. The van der Waals surface area contributed by atoms with Crippen LogP contribution in [0.1, 0.15) is 11.3 Å². The van der Waals surface area contributed by atoms with Crippen LogP contribution in [0.3, 0.4) is 0 Å². The van der Waals surface area contributed by atoms with Crippen molar-refractivity contribution in [2.24, 2.45) is 7.05 Å². The lowest BCUT2D eigenvalue weighted by Crippen LogP contribution is -2.27. The van der Waals surface area contributed by atoms with Crippen molar-refractivity contribution >= 4 is 40.7 Å². The Morgan fingerprint density at radius 2 is 2.17 bits per heavy atom. The van der Waals surface area contributed by atoms with E-state index in [1.165, 1.54) is 4.57 Å². The van der Waals surface area contributed by atoms with Crippen LogP contribution in [-0.2, 0) is 7.05 Å². The van der Waals surface area contributed by atoms with E-state index in [-0.39, 0.29) is 11.1 Å². The zero-order valence-corrected chi connectivity index (χ0v) is 14.3. The summed E-state index contributed by atoms with van der Waals surface area (Å²) >= 11 is 12.4. The van der Waals surface area contributed by atoms with Crippen molar-refractivity contribution in [3.05, 3.63) is 62.5 Å². The molecule has 0 spiro atoms. The number of anilines is 2. The van der Waals surface area contributed by atoms with Crippen molar-refractivity contribution in [3.63, 3.8) is 0 Å². The van der Waals surface area contributed by atoms with Gasteiger partial charge in [-0.1, -0.05) is 23.2 Å². The van der Waals surface area contributed by atoms with Crippen LogP contribution in [-0.4, -0.2) is 16.6 Å². The van der Waals surface area contributed by atoms with Gasteiger partial charge in [0.15, 0.2) is 0 Å². The molecule has 2 heterocycles. The molecule has 0 saturated carbocycles. The van der Waals surface area contributed by atoms with Crippen molar-refractivity contribution < 1.29 is 0 Å². The van der Waals surface area contributed by atoms with E-state index in [0.29, 0.717) is 22.9 Å². The number of fused-ring (bicyclic) bond motifs is 1. The zero-order chi connectivity index (χ0) is 17.3. The van der Waals surface area contributed by atoms with Crippen LogP contribution in [0.4, 0.5) is 11.4 Å². The lowest BCUT2D eigenvalue weighted by Gasteiger charge is -2.24. The summed E-state index contributed by atoms with van der Waals surface area (Å²) in [6.07, 6.45) is 1.95. The number of benzene rings is 1. The highest BCUT2D eigenvalue weighted by Gasteiger charge is 2.19. The molecule has 1 atom stereocenters. The van der Waals surface area contributed by atoms with Crippen molar-refractivity contribution in [2.75, 3.05) is 17.2 Å². The second-order valence-electron chi connectivity index (χ2n) is 5.42. The number of nitriles is 1. The smallest absolute Gasteiger partial charge is 0.274 e. The minimum absolute atomic E-state index is 0.256. The number of hydrogen-bond acceptors (Lipinski definition) is 4. The third kappa shape index (κ3) is 3.12. The Labute approximate surface area is 149 Å². The normalized spacial score (nSPS) is 15.8. The highest BCUT2D eigenvalue weighted by atomic mass is 35.5. The maximum atomic E-state index is 12.2. The maximum absolute atomic E-state index is 12.2. The Hall–Kier alpha value is -2.42. The third-order valence-electron chi connectivity index (χ3n) is 3.86. The second-order valence-corrected chi connectivity index (χ2v) is 6.29. The molecule has 122 valence electrons. The molecule has 2 aromatic rings. The lowest BCUT2D eigenvalue weighted by molar-refractivity contribution is 0.842. The van der Waals surface area contributed by atoms with E-state index >= 15 is 0 Å². The Kier molecular flexibility index (Phi) is 4.52. The SMILES string of the molecule is Cn1c(C#N)ccc(NCC2=Cc3cc(Cl)ccc3NC2Cl)c1=O. The summed E-state index contributed by atoms with van der Waals surface area (Å²) in [7, 11) is 1.57. The first-order chi connectivity index (χ1) is 11.5. The fourth-order valence-corrected chi connectivity index (χ4v) is 2.94. The van der Waals surface area contributed by atoms with Crippen LogP contribution in [0, 0.1) is 11.3 Å². The molecule has 0 aliphatic carbocycles. The molecular formula is C17H14Cl2N4O. The van der Waals surface area contributed by atoms with Crippen molar-refractivity contribution in [3.8, 4) is 6.07 Å². The third-order valence-corrected chi connectivity index (χ3v) is 4.49. The predicted molar refractivity (Wildman–Crippen MR) is 97.6 cm³/mol. The quantitative estimate of drug-likeness (QED) is 0.650. The van der Waals surface area contributed by atoms with E-state index in [0.717, 1.165) is 16.8 Å². The Bertz CT molecular complexity index is 927. The number of nitrogens with one attached hydrogen (secondary N) is 2. The van der Waals surface area contributed by atoms with Gasteiger partial charge < -0.3 is 15.2 Å². The summed E-state index contributed by atoms with van der Waals surface area (Å²) in [5.74, 6) is 0. The molecule has 5 nitrogen and oxygen atoms in total. The van der Waals surface area contributed by atoms with Gasteiger partial charge >= 0.3 is 0 Å². The first kappa shape index (κ1) is 16.4. The van der Waals surface area contributed by atoms with Gasteiger partial charge in [0.2, 0.25) is 0 Å². The summed E-state index contributed by atoms with van der Waals surface area (Å²) < 4.78 is 1.31.